The molecule has 0 radical (unpaired) electrons. The first-order valence-corrected chi connectivity index (χ1v) is 22.5. The van der Waals surface area contributed by atoms with Crippen LogP contribution in [0.15, 0.2) is 130 Å². The molecule has 0 saturated carbocycles. The molecule has 59 heavy (non-hydrogen) atoms. The Bertz CT molecular complexity index is 2450. The van der Waals surface area contributed by atoms with Gasteiger partial charge in [-0.2, -0.15) is 0 Å². The number of aromatic nitrogens is 2. The fraction of sp³-hybridized carbons (Fsp3) is 0.318. The lowest BCUT2D eigenvalue weighted by Gasteiger charge is -2.43. The molecule has 2 N–H and O–H groups in total. The fourth-order valence-corrected chi connectivity index (χ4v) is 10.2. The van der Waals surface area contributed by atoms with Crippen LogP contribution < -0.4 is 14.9 Å². The number of sulfonamides is 1. The highest BCUT2D eigenvalue weighted by molar-refractivity contribution is 7.99. The predicted octanol–water partition coefficient (Wildman–Crippen LogP) is 8.60. The summed E-state index contributed by atoms with van der Waals surface area (Å²) in [5, 5.41) is 17.0. The lowest BCUT2D eigenvalue weighted by Crippen LogP contribution is -2.50. The Morgan fingerprint density at radius 3 is 2.39 bits per heavy atom. The van der Waals surface area contributed by atoms with E-state index in [9.17, 15) is 18.5 Å². The summed E-state index contributed by atoms with van der Waals surface area (Å²) in [6.45, 7) is 7.31. The molecule has 1 unspecified atom stereocenters. The zero-order chi connectivity index (χ0) is 41.6. The number of anilines is 3. The lowest BCUT2D eigenvalue weighted by atomic mass is 9.73. The molecule has 5 aromatic rings. The molecule has 2 aliphatic rings. The van der Waals surface area contributed by atoms with Crippen molar-refractivity contribution in [3.05, 3.63) is 136 Å². The number of rotatable bonds is 16. The molecule has 0 spiro atoms. The van der Waals surface area contributed by atoms with Crippen molar-refractivity contribution in [3.63, 3.8) is 0 Å². The van der Waals surface area contributed by atoms with Crippen LogP contribution in [0.25, 0.3) is 16.5 Å². The second-order valence-electron chi connectivity index (χ2n) is 15.6. The number of benzene rings is 4. The van der Waals surface area contributed by atoms with E-state index < -0.39 is 14.9 Å². The van der Waals surface area contributed by atoms with Gasteiger partial charge in [0.05, 0.1) is 15.3 Å². The quantitative estimate of drug-likeness (QED) is 0.0561. The van der Waals surface area contributed by atoms with Gasteiger partial charge in [0, 0.05) is 77.0 Å². The van der Waals surface area contributed by atoms with Gasteiger partial charge in [-0.1, -0.05) is 73.1 Å². The van der Waals surface area contributed by atoms with E-state index in [2.05, 4.69) is 72.0 Å². The third kappa shape index (κ3) is 10.4. The summed E-state index contributed by atoms with van der Waals surface area (Å²) in [7, 11) is -0.312. The molecule has 0 amide bonds. The maximum Gasteiger partial charge on any atom is 0.293 e. The number of halogens is 1. The van der Waals surface area contributed by atoms with E-state index in [0.717, 1.165) is 73.8 Å². The molecule has 2 atom stereocenters. The van der Waals surface area contributed by atoms with Crippen molar-refractivity contribution in [2.24, 2.45) is 5.41 Å². The van der Waals surface area contributed by atoms with E-state index in [1.54, 1.807) is 11.8 Å². The second kappa shape index (κ2) is 18.5. The Labute approximate surface area is 355 Å². The zero-order valence-corrected chi connectivity index (χ0v) is 35.8. The number of nitro benzene ring substituents is 1. The molecule has 12 nitrogen and oxygen atoms in total. The highest BCUT2D eigenvalue weighted by Gasteiger charge is 2.35. The van der Waals surface area contributed by atoms with Gasteiger partial charge < -0.3 is 15.1 Å². The molecule has 1 saturated heterocycles. The van der Waals surface area contributed by atoms with Crippen LogP contribution >= 0.6 is 23.4 Å². The average molecular weight is 854 g/mol. The molecule has 308 valence electrons. The number of hydrogen-bond donors (Lipinski definition) is 2. The first kappa shape index (κ1) is 42.1. The minimum Gasteiger partial charge on any atom is -0.376 e. The summed E-state index contributed by atoms with van der Waals surface area (Å²) in [5.41, 5.74) is 3.88. The standard InChI is InChI=1S/C44H49ClN8O4S2/c1-44(28-33(45)14-18-39(44)32-10-6-4-7-11-32)30-51-22-24-52(25-23-51)35-15-17-38-41(26-35)46-31-47-43(38)49-59(56,57)37-16-19-40(42(27-37)53(54)55)48-34(20-21-50(2)3)29-58-36-12-8-5-9-13-36/h4-19,26-27,31,34,48H,20-25,28-30H2,1-3H3,(H,46,47,49)/t34-,44?/m1/s1. The molecule has 0 bridgehead atoms. The predicted molar refractivity (Wildman–Crippen MR) is 241 cm³/mol. The van der Waals surface area contributed by atoms with Gasteiger partial charge >= 0.3 is 0 Å². The Balaban J connectivity index is 1.02. The maximum atomic E-state index is 13.8. The molecule has 1 aromatic heterocycles. The summed E-state index contributed by atoms with van der Waals surface area (Å²) in [4.78, 5) is 28.2. The number of nitrogens with zero attached hydrogens (tertiary/aromatic N) is 6. The largest absolute Gasteiger partial charge is 0.376 e. The van der Waals surface area contributed by atoms with E-state index in [1.165, 1.54) is 29.6 Å². The van der Waals surface area contributed by atoms with Gasteiger partial charge in [0.1, 0.15) is 12.0 Å². The summed E-state index contributed by atoms with van der Waals surface area (Å²) < 4.78 is 30.1. The number of piperazine rings is 1. The van der Waals surface area contributed by atoms with E-state index in [0.29, 0.717) is 16.7 Å². The van der Waals surface area contributed by atoms with Crippen molar-refractivity contribution in [1.82, 2.24) is 19.8 Å². The minimum absolute atomic E-state index is 0.0913. The van der Waals surface area contributed by atoms with Gasteiger partial charge in [0.15, 0.2) is 5.82 Å². The number of nitro groups is 1. The number of nitrogens with one attached hydrogen (secondary N) is 2. The van der Waals surface area contributed by atoms with E-state index in [4.69, 9.17) is 11.6 Å². The van der Waals surface area contributed by atoms with Crippen LogP contribution in [0.3, 0.4) is 0 Å². The summed E-state index contributed by atoms with van der Waals surface area (Å²) in [6.07, 6.45) is 7.02. The molecule has 4 aromatic carbocycles. The van der Waals surface area contributed by atoms with Gasteiger partial charge in [0.25, 0.3) is 15.7 Å². The summed E-state index contributed by atoms with van der Waals surface area (Å²) >= 11 is 8.25. The van der Waals surface area contributed by atoms with Crippen molar-refractivity contribution in [1.29, 1.82) is 0 Å². The molecule has 15 heteroatoms. The van der Waals surface area contributed by atoms with Crippen LogP contribution in [-0.4, -0.2) is 98.3 Å². The SMILES string of the molecule is CN(C)CC[C@H](CSc1ccccc1)Nc1ccc(S(=O)(=O)Nc2ncnc3cc(N4CCN(CC5(C)CC(Cl)=CC=C5c5ccccc5)CC4)ccc23)cc1[N+](=O)[O-]. The monoisotopic (exact) mass is 852 g/mol. The highest BCUT2D eigenvalue weighted by atomic mass is 35.5. The van der Waals surface area contributed by atoms with Crippen LogP contribution in [0.5, 0.6) is 0 Å². The number of fused-ring (bicyclic) bond motifs is 1. The third-order valence-electron chi connectivity index (χ3n) is 10.8. The molecule has 1 aliphatic carbocycles. The van der Waals surface area contributed by atoms with Gasteiger partial charge in [-0.15, -0.1) is 11.8 Å². The molecular formula is C44H49ClN8O4S2. The summed E-state index contributed by atoms with van der Waals surface area (Å²) in [5.74, 6) is 0.754. The highest BCUT2D eigenvalue weighted by Crippen LogP contribution is 2.45. The van der Waals surface area contributed by atoms with Crippen molar-refractivity contribution in [2.75, 3.05) is 74.1 Å². The van der Waals surface area contributed by atoms with E-state index in [-0.39, 0.29) is 33.5 Å². The first-order chi connectivity index (χ1) is 28.4. The van der Waals surface area contributed by atoms with E-state index in [1.807, 2.05) is 74.8 Å². The smallest absolute Gasteiger partial charge is 0.293 e. The van der Waals surface area contributed by atoms with Crippen molar-refractivity contribution in [2.45, 2.75) is 35.6 Å². The Kier molecular flexibility index (Phi) is 13.2. The average Bonchev–Trinajstić information content (AvgIpc) is 3.22. The Morgan fingerprint density at radius 2 is 1.68 bits per heavy atom. The Morgan fingerprint density at radius 1 is 0.949 bits per heavy atom. The summed E-state index contributed by atoms with van der Waals surface area (Å²) in [6, 6.07) is 30.0. The third-order valence-corrected chi connectivity index (χ3v) is 13.6. The molecule has 1 fully saturated rings. The van der Waals surface area contributed by atoms with Crippen LogP contribution in [0.1, 0.15) is 25.3 Å². The molecule has 2 heterocycles. The first-order valence-electron chi connectivity index (χ1n) is 19.6. The topological polar surface area (TPSA) is 137 Å². The minimum atomic E-state index is -4.27. The van der Waals surface area contributed by atoms with Crippen molar-refractivity contribution >= 4 is 72.7 Å². The normalized spacial score (nSPS) is 18.0. The Hall–Kier alpha value is -4.99. The van der Waals surface area contributed by atoms with Crippen LogP contribution in [0, 0.1) is 15.5 Å². The van der Waals surface area contributed by atoms with Gasteiger partial charge in [0.2, 0.25) is 0 Å². The zero-order valence-electron chi connectivity index (χ0n) is 33.4. The van der Waals surface area contributed by atoms with Crippen LogP contribution in [-0.2, 0) is 10.0 Å². The molecule has 7 rings (SSSR count). The van der Waals surface area contributed by atoms with Crippen LogP contribution in [0.4, 0.5) is 22.9 Å². The van der Waals surface area contributed by atoms with Gasteiger partial charge in [-0.3, -0.25) is 19.7 Å². The van der Waals surface area contributed by atoms with Crippen LogP contribution in [0.2, 0.25) is 0 Å². The number of thioether (sulfide) groups is 1. The second-order valence-corrected chi connectivity index (χ2v) is 18.8. The molecular weight excluding hydrogens is 804 g/mol. The fourth-order valence-electron chi connectivity index (χ4n) is 7.77. The lowest BCUT2D eigenvalue weighted by molar-refractivity contribution is -0.384. The van der Waals surface area contributed by atoms with E-state index >= 15 is 0 Å². The van der Waals surface area contributed by atoms with Gasteiger partial charge in [-0.25, -0.2) is 18.4 Å². The van der Waals surface area contributed by atoms with Gasteiger partial charge in [-0.05, 0) is 93.2 Å². The molecule has 1 aliphatic heterocycles. The van der Waals surface area contributed by atoms with Crippen molar-refractivity contribution in [3.8, 4) is 0 Å². The number of hydrogen-bond acceptors (Lipinski definition) is 11. The number of allylic oxidation sites excluding steroid dienone is 3. The van der Waals surface area contributed by atoms with Crippen molar-refractivity contribution < 1.29 is 13.3 Å². The maximum absolute atomic E-state index is 13.8.